The summed E-state index contributed by atoms with van der Waals surface area (Å²) in [6.07, 6.45) is 0.827. The van der Waals surface area contributed by atoms with E-state index in [2.05, 4.69) is 22.3 Å². The number of amides is 3. The third-order valence-corrected chi connectivity index (χ3v) is 5.95. The van der Waals surface area contributed by atoms with Crippen molar-refractivity contribution in [3.8, 4) is 0 Å². The number of hydrogen-bond acceptors (Lipinski definition) is 4. The first-order valence-corrected chi connectivity index (χ1v) is 11.0. The highest BCUT2D eigenvalue weighted by Gasteiger charge is 2.35. The minimum Gasteiger partial charge on any atom is -0.350 e. The van der Waals surface area contributed by atoms with E-state index in [-0.39, 0.29) is 30.3 Å². The quantitative estimate of drug-likeness (QED) is 0.544. The van der Waals surface area contributed by atoms with Crippen LogP contribution < -0.4 is 5.32 Å². The van der Waals surface area contributed by atoms with Gasteiger partial charge in [0.25, 0.3) is 17.7 Å². The molecule has 0 saturated heterocycles. The summed E-state index contributed by atoms with van der Waals surface area (Å²) < 4.78 is 0. The van der Waals surface area contributed by atoms with Crippen LogP contribution in [0.5, 0.6) is 0 Å². The van der Waals surface area contributed by atoms with Crippen LogP contribution in [-0.2, 0) is 13.0 Å². The Labute approximate surface area is 193 Å². The van der Waals surface area contributed by atoms with Gasteiger partial charge in [0, 0.05) is 18.2 Å². The molecule has 6 nitrogen and oxygen atoms in total. The third kappa shape index (κ3) is 5.02. The predicted molar refractivity (Wildman–Crippen MR) is 127 cm³/mol. The number of rotatable bonds is 8. The summed E-state index contributed by atoms with van der Waals surface area (Å²) in [6, 6.07) is 24.2. The van der Waals surface area contributed by atoms with Crippen LogP contribution in [-0.4, -0.2) is 54.2 Å². The maximum absolute atomic E-state index is 12.8. The summed E-state index contributed by atoms with van der Waals surface area (Å²) in [6.45, 7) is 0.630. The highest BCUT2D eigenvalue weighted by Crippen LogP contribution is 2.24. The minimum atomic E-state index is -0.305. The van der Waals surface area contributed by atoms with Crippen molar-refractivity contribution in [2.75, 3.05) is 20.6 Å². The molecule has 1 N–H and O–H groups in total. The summed E-state index contributed by atoms with van der Waals surface area (Å²) in [5.74, 6) is -0.792. The van der Waals surface area contributed by atoms with Crippen LogP contribution >= 0.6 is 0 Å². The fourth-order valence-corrected chi connectivity index (χ4v) is 4.01. The Kier molecular flexibility index (Phi) is 6.66. The lowest BCUT2D eigenvalue weighted by Gasteiger charge is -2.25. The molecule has 0 saturated carbocycles. The molecule has 0 fully saturated rings. The normalized spacial score (nSPS) is 13.8. The summed E-state index contributed by atoms with van der Waals surface area (Å²) in [4.78, 5) is 41.5. The summed E-state index contributed by atoms with van der Waals surface area (Å²) >= 11 is 0. The zero-order valence-corrected chi connectivity index (χ0v) is 18.8. The van der Waals surface area contributed by atoms with Crippen molar-refractivity contribution in [2.45, 2.75) is 19.0 Å². The van der Waals surface area contributed by atoms with Crippen LogP contribution in [0.1, 0.15) is 42.2 Å². The summed E-state index contributed by atoms with van der Waals surface area (Å²) in [5.41, 5.74) is 3.29. The number of hydrogen-bond donors (Lipinski definition) is 1. The van der Waals surface area contributed by atoms with E-state index in [0.717, 1.165) is 12.0 Å². The molecule has 1 heterocycles. The molecule has 1 aliphatic rings. The van der Waals surface area contributed by atoms with Gasteiger partial charge < -0.3 is 10.2 Å². The van der Waals surface area contributed by atoms with Crippen LogP contribution in [0, 0.1) is 0 Å². The number of imide groups is 1. The largest absolute Gasteiger partial charge is 0.350 e. The van der Waals surface area contributed by atoms with Gasteiger partial charge in [-0.25, -0.2) is 0 Å². The summed E-state index contributed by atoms with van der Waals surface area (Å²) in [7, 11) is 4.00. The Bertz CT molecular complexity index is 1140. The van der Waals surface area contributed by atoms with E-state index in [1.165, 1.54) is 10.5 Å². The van der Waals surface area contributed by atoms with Crippen LogP contribution in [0.2, 0.25) is 0 Å². The Morgan fingerprint density at radius 3 is 2.09 bits per heavy atom. The van der Waals surface area contributed by atoms with E-state index in [4.69, 9.17) is 0 Å². The van der Waals surface area contributed by atoms with Gasteiger partial charge in [-0.15, -0.1) is 0 Å². The molecule has 0 spiro atoms. The smallest absolute Gasteiger partial charge is 0.261 e. The average molecular weight is 442 g/mol. The van der Waals surface area contributed by atoms with Crippen molar-refractivity contribution in [1.29, 1.82) is 0 Å². The van der Waals surface area contributed by atoms with Gasteiger partial charge in [-0.05, 0) is 55.9 Å². The van der Waals surface area contributed by atoms with Gasteiger partial charge >= 0.3 is 0 Å². The van der Waals surface area contributed by atoms with Crippen molar-refractivity contribution in [3.63, 3.8) is 0 Å². The van der Waals surface area contributed by atoms with Crippen LogP contribution in [0.4, 0.5) is 0 Å². The fraction of sp³-hybridized carbons (Fsp3) is 0.222. The molecule has 1 atom stereocenters. The number of carbonyl (C=O) groups excluding carboxylic acids is 3. The number of fused-ring (bicyclic) bond motifs is 1. The standard InChI is InChI=1S/C27H27N3O3/c1-29(2)22(16-19-9-4-3-5-10-19)17-28-25(31)21-12-8-11-20(15-21)18-30-26(32)23-13-6-7-14-24(23)27(30)33/h3-15,22H,16-18H2,1-2H3,(H,28,31)/t22-/m1/s1. The third-order valence-electron chi connectivity index (χ3n) is 5.95. The lowest BCUT2D eigenvalue weighted by molar-refractivity contribution is 0.0642. The highest BCUT2D eigenvalue weighted by molar-refractivity contribution is 6.21. The molecule has 0 unspecified atom stereocenters. The van der Waals surface area contributed by atoms with Gasteiger partial charge in [0.05, 0.1) is 17.7 Å². The molecule has 4 rings (SSSR count). The zero-order valence-electron chi connectivity index (χ0n) is 18.8. The molecule has 3 amide bonds. The van der Waals surface area contributed by atoms with Gasteiger partial charge in [-0.1, -0.05) is 54.6 Å². The average Bonchev–Trinajstić information content (AvgIpc) is 3.07. The van der Waals surface area contributed by atoms with E-state index in [1.54, 1.807) is 42.5 Å². The van der Waals surface area contributed by atoms with Crippen LogP contribution in [0.15, 0.2) is 78.9 Å². The van der Waals surface area contributed by atoms with Crippen LogP contribution in [0.25, 0.3) is 0 Å². The Hall–Kier alpha value is -3.77. The van der Waals surface area contributed by atoms with Crippen molar-refractivity contribution < 1.29 is 14.4 Å². The molecule has 6 heteroatoms. The molecule has 168 valence electrons. The predicted octanol–water partition coefficient (Wildman–Crippen LogP) is 3.39. The van der Waals surface area contributed by atoms with E-state index in [1.807, 2.05) is 38.4 Å². The minimum absolute atomic E-state index is 0.127. The maximum Gasteiger partial charge on any atom is 0.261 e. The second-order valence-corrected chi connectivity index (χ2v) is 8.46. The van der Waals surface area contributed by atoms with Gasteiger partial charge in [0.2, 0.25) is 0 Å². The molecule has 0 aromatic heterocycles. The Balaban J connectivity index is 1.41. The number of carbonyl (C=O) groups is 3. The molecule has 1 aliphatic heterocycles. The van der Waals surface area contributed by atoms with Crippen molar-refractivity contribution >= 4 is 17.7 Å². The van der Waals surface area contributed by atoms with E-state index < -0.39 is 0 Å². The van der Waals surface area contributed by atoms with Crippen molar-refractivity contribution in [1.82, 2.24) is 15.1 Å². The first kappa shape index (κ1) is 22.4. The van der Waals surface area contributed by atoms with E-state index in [9.17, 15) is 14.4 Å². The van der Waals surface area contributed by atoms with Gasteiger partial charge in [0.1, 0.15) is 0 Å². The lowest BCUT2D eigenvalue weighted by Crippen LogP contribution is -2.41. The summed E-state index contributed by atoms with van der Waals surface area (Å²) in [5, 5.41) is 3.03. The number of nitrogens with one attached hydrogen (secondary N) is 1. The molecule has 33 heavy (non-hydrogen) atoms. The maximum atomic E-state index is 12.8. The lowest BCUT2D eigenvalue weighted by atomic mass is 10.0. The van der Waals surface area contributed by atoms with E-state index in [0.29, 0.717) is 23.2 Å². The fourth-order valence-electron chi connectivity index (χ4n) is 4.01. The first-order chi connectivity index (χ1) is 15.9. The molecule has 0 bridgehead atoms. The van der Waals surface area contributed by atoms with Gasteiger partial charge in [0.15, 0.2) is 0 Å². The van der Waals surface area contributed by atoms with Gasteiger partial charge in [-0.3, -0.25) is 19.3 Å². The zero-order chi connectivity index (χ0) is 23.4. The number of nitrogens with zero attached hydrogens (tertiary/aromatic N) is 2. The molecule has 0 aliphatic carbocycles. The molecule has 0 radical (unpaired) electrons. The molecule has 3 aromatic rings. The molecule has 3 aromatic carbocycles. The molecular weight excluding hydrogens is 414 g/mol. The number of benzene rings is 3. The first-order valence-electron chi connectivity index (χ1n) is 11.0. The van der Waals surface area contributed by atoms with E-state index >= 15 is 0 Å². The second kappa shape index (κ2) is 9.79. The highest BCUT2D eigenvalue weighted by atomic mass is 16.2. The van der Waals surface area contributed by atoms with Crippen LogP contribution in [0.3, 0.4) is 0 Å². The topological polar surface area (TPSA) is 69.7 Å². The SMILES string of the molecule is CN(C)[C@@H](CNC(=O)c1cccc(CN2C(=O)c3ccccc3C2=O)c1)Cc1ccccc1. The molecular formula is C27H27N3O3. The monoisotopic (exact) mass is 441 g/mol. The number of likely N-dealkylation sites (N-methyl/N-ethyl adjacent to an activating group) is 1. The Morgan fingerprint density at radius 2 is 1.45 bits per heavy atom. The second-order valence-electron chi connectivity index (χ2n) is 8.46. The Morgan fingerprint density at radius 1 is 0.848 bits per heavy atom. The van der Waals surface area contributed by atoms with Crippen molar-refractivity contribution in [2.24, 2.45) is 0 Å². The van der Waals surface area contributed by atoms with Gasteiger partial charge in [-0.2, -0.15) is 0 Å². The van der Waals surface area contributed by atoms with Crippen molar-refractivity contribution in [3.05, 3.63) is 107 Å².